The molecule has 0 bridgehead atoms. The van der Waals surface area contributed by atoms with Crippen LogP contribution in [-0.2, 0) is 4.79 Å². The van der Waals surface area contributed by atoms with Crippen LogP contribution in [0.5, 0.6) is 0 Å². The van der Waals surface area contributed by atoms with Gasteiger partial charge in [0.1, 0.15) is 6.29 Å². The Labute approximate surface area is 170 Å². The van der Waals surface area contributed by atoms with Crippen molar-refractivity contribution in [3.8, 4) is 0 Å². The van der Waals surface area contributed by atoms with Crippen molar-refractivity contribution in [2.45, 2.75) is 31.5 Å². The first-order valence-electron chi connectivity index (χ1n) is 10.2. The second-order valence-electron chi connectivity index (χ2n) is 7.95. The standard InChI is InChI=1S/C23H27N3O3/c1-15(22(28)29)16-5-2-7-18(11-16)21(27)19-8-3-6-17(12-19)20-13-25-23-24-9-4-10-26(23)14-20/h2-3,5-8,11-12,15,20,23-25H,4,9-10,13-14H2,1H3,(H,28,29). The molecule has 3 N–H and O–H groups in total. The Bertz CT molecular complexity index is 914. The minimum absolute atomic E-state index is 0.0763. The van der Waals surface area contributed by atoms with E-state index in [0.717, 1.165) is 38.2 Å². The number of hydrogen-bond donors (Lipinski definition) is 3. The van der Waals surface area contributed by atoms with E-state index in [-0.39, 0.29) is 12.1 Å². The van der Waals surface area contributed by atoms with Gasteiger partial charge < -0.3 is 5.11 Å². The SMILES string of the molecule is CC(C(=O)O)c1cccc(C(=O)c2cccc(C3CNC4NCCCN4C3)c2)c1. The first kappa shape index (κ1) is 19.8. The number of rotatable bonds is 5. The van der Waals surface area contributed by atoms with Crippen molar-refractivity contribution in [1.29, 1.82) is 0 Å². The molecule has 0 aromatic heterocycles. The van der Waals surface area contributed by atoms with Gasteiger partial charge in [0.25, 0.3) is 0 Å². The quantitative estimate of drug-likeness (QED) is 0.677. The Kier molecular flexibility index (Phi) is 5.76. The number of hydrogen-bond acceptors (Lipinski definition) is 5. The highest BCUT2D eigenvalue weighted by Crippen LogP contribution is 2.25. The van der Waals surface area contributed by atoms with Gasteiger partial charge in [-0.3, -0.25) is 25.1 Å². The summed E-state index contributed by atoms with van der Waals surface area (Å²) in [6, 6.07) is 14.8. The van der Waals surface area contributed by atoms with Crippen molar-refractivity contribution in [3.63, 3.8) is 0 Å². The van der Waals surface area contributed by atoms with Crippen molar-refractivity contribution >= 4 is 11.8 Å². The fourth-order valence-electron chi connectivity index (χ4n) is 4.19. The number of carbonyl (C=O) groups is 2. The fraction of sp³-hybridized carbons (Fsp3) is 0.391. The van der Waals surface area contributed by atoms with Crippen LogP contribution in [0.25, 0.3) is 0 Å². The topological polar surface area (TPSA) is 81.7 Å². The summed E-state index contributed by atoms with van der Waals surface area (Å²) in [7, 11) is 0. The molecule has 2 saturated heterocycles. The summed E-state index contributed by atoms with van der Waals surface area (Å²) < 4.78 is 0. The van der Waals surface area contributed by atoms with Crippen molar-refractivity contribution < 1.29 is 14.7 Å². The summed E-state index contributed by atoms with van der Waals surface area (Å²) in [6.07, 6.45) is 1.40. The molecule has 3 unspecified atom stereocenters. The van der Waals surface area contributed by atoms with E-state index in [0.29, 0.717) is 22.6 Å². The van der Waals surface area contributed by atoms with E-state index in [2.05, 4.69) is 21.6 Å². The molecule has 2 aliphatic heterocycles. The first-order valence-corrected chi connectivity index (χ1v) is 10.2. The van der Waals surface area contributed by atoms with E-state index in [4.69, 9.17) is 0 Å². The van der Waals surface area contributed by atoms with E-state index >= 15 is 0 Å². The molecule has 0 spiro atoms. The van der Waals surface area contributed by atoms with Gasteiger partial charge in [-0.1, -0.05) is 36.4 Å². The van der Waals surface area contributed by atoms with E-state index in [9.17, 15) is 14.7 Å². The second kappa shape index (κ2) is 8.45. The highest BCUT2D eigenvalue weighted by Gasteiger charge is 2.30. The van der Waals surface area contributed by atoms with Gasteiger partial charge in [0.05, 0.1) is 5.92 Å². The number of carboxylic acid groups (broad SMARTS) is 1. The van der Waals surface area contributed by atoms with Gasteiger partial charge in [-0.2, -0.15) is 0 Å². The average Bonchev–Trinajstić information content (AvgIpc) is 2.77. The van der Waals surface area contributed by atoms with Crippen LogP contribution in [-0.4, -0.2) is 54.2 Å². The lowest BCUT2D eigenvalue weighted by molar-refractivity contribution is -0.138. The van der Waals surface area contributed by atoms with Crippen molar-refractivity contribution in [1.82, 2.24) is 15.5 Å². The summed E-state index contributed by atoms with van der Waals surface area (Å²) in [6.45, 7) is 5.59. The molecule has 4 rings (SSSR count). The second-order valence-corrected chi connectivity index (χ2v) is 7.95. The number of carbonyl (C=O) groups excluding carboxylic acids is 1. The van der Waals surface area contributed by atoms with Crippen LogP contribution in [0.3, 0.4) is 0 Å². The number of aliphatic carboxylic acids is 1. The van der Waals surface area contributed by atoms with Crippen LogP contribution in [0.15, 0.2) is 48.5 Å². The average molecular weight is 393 g/mol. The molecule has 0 saturated carbocycles. The predicted molar refractivity (Wildman–Crippen MR) is 111 cm³/mol. The van der Waals surface area contributed by atoms with Gasteiger partial charge in [0.2, 0.25) is 0 Å². The fourth-order valence-corrected chi connectivity index (χ4v) is 4.19. The van der Waals surface area contributed by atoms with Crippen LogP contribution in [0, 0.1) is 0 Å². The highest BCUT2D eigenvalue weighted by atomic mass is 16.4. The van der Waals surface area contributed by atoms with Crippen LogP contribution in [0.1, 0.15) is 52.2 Å². The molecular weight excluding hydrogens is 366 g/mol. The molecular formula is C23H27N3O3. The third-order valence-electron chi connectivity index (χ3n) is 5.98. The number of carboxylic acids is 1. The third-order valence-corrected chi connectivity index (χ3v) is 5.98. The van der Waals surface area contributed by atoms with E-state index in [1.165, 1.54) is 0 Å². The Hall–Kier alpha value is -2.54. The highest BCUT2D eigenvalue weighted by molar-refractivity contribution is 6.09. The Balaban J connectivity index is 1.53. The molecule has 0 amide bonds. The number of ketones is 1. The van der Waals surface area contributed by atoms with Crippen LogP contribution >= 0.6 is 0 Å². The van der Waals surface area contributed by atoms with Crippen molar-refractivity contribution in [2.75, 3.05) is 26.2 Å². The largest absolute Gasteiger partial charge is 0.481 e. The third kappa shape index (κ3) is 4.24. The molecule has 6 heteroatoms. The number of nitrogens with one attached hydrogen (secondary N) is 2. The lowest BCUT2D eigenvalue weighted by atomic mass is 9.91. The predicted octanol–water partition coefficient (Wildman–Crippen LogP) is 2.37. The molecule has 0 aliphatic carbocycles. The molecule has 2 aromatic carbocycles. The number of benzene rings is 2. The minimum Gasteiger partial charge on any atom is -0.481 e. The Morgan fingerprint density at radius 2 is 1.86 bits per heavy atom. The van der Waals surface area contributed by atoms with Crippen molar-refractivity contribution in [3.05, 3.63) is 70.8 Å². The van der Waals surface area contributed by atoms with Gasteiger partial charge in [0, 0.05) is 36.7 Å². The lowest BCUT2D eigenvalue weighted by Crippen LogP contribution is -2.63. The first-order chi connectivity index (χ1) is 14.0. The maximum absolute atomic E-state index is 13.1. The summed E-state index contributed by atoms with van der Waals surface area (Å²) in [4.78, 5) is 26.8. The molecule has 2 aromatic rings. The molecule has 2 fully saturated rings. The van der Waals surface area contributed by atoms with Crippen LogP contribution in [0.2, 0.25) is 0 Å². The molecule has 152 valence electrons. The monoisotopic (exact) mass is 393 g/mol. The van der Waals surface area contributed by atoms with Crippen LogP contribution < -0.4 is 10.6 Å². The van der Waals surface area contributed by atoms with Gasteiger partial charge >= 0.3 is 5.97 Å². The number of nitrogens with zero attached hydrogens (tertiary/aromatic N) is 1. The number of fused-ring (bicyclic) bond motifs is 1. The summed E-state index contributed by atoms with van der Waals surface area (Å²) >= 11 is 0. The van der Waals surface area contributed by atoms with Gasteiger partial charge in [0.15, 0.2) is 5.78 Å². The van der Waals surface area contributed by atoms with Gasteiger partial charge in [-0.15, -0.1) is 0 Å². The van der Waals surface area contributed by atoms with E-state index in [1.54, 1.807) is 31.2 Å². The summed E-state index contributed by atoms with van der Waals surface area (Å²) in [5.41, 5.74) is 2.96. The summed E-state index contributed by atoms with van der Waals surface area (Å²) in [5.74, 6) is -1.29. The lowest BCUT2D eigenvalue weighted by Gasteiger charge is -2.43. The molecule has 2 aliphatic rings. The zero-order valence-corrected chi connectivity index (χ0v) is 16.6. The van der Waals surface area contributed by atoms with Crippen LogP contribution in [0.4, 0.5) is 0 Å². The normalized spacial score (nSPS) is 23.2. The Morgan fingerprint density at radius 3 is 2.66 bits per heavy atom. The zero-order valence-electron chi connectivity index (χ0n) is 16.6. The summed E-state index contributed by atoms with van der Waals surface area (Å²) in [5, 5.41) is 16.3. The zero-order chi connectivity index (χ0) is 20.4. The van der Waals surface area contributed by atoms with Crippen molar-refractivity contribution in [2.24, 2.45) is 0 Å². The maximum Gasteiger partial charge on any atom is 0.310 e. The molecule has 6 nitrogen and oxygen atoms in total. The molecule has 29 heavy (non-hydrogen) atoms. The maximum atomic E-state index is 13.1. The Morgan fingerprint density at radius 1 is 1.10 bits per heavy atom. The van der Waals surface area contributed by atoms with E-state index in [1.807, 2.05) is 18.2 Å². The van der Waals surface area contributed by atoms with Gasteiger partial charge in [-0.25, -0.2) is 0 Å². The molecule has 0 radical (unpaired) electrons. The smallest absolute Gasteiger partial charge is 0.310 e. The van der Waals surface area contributed by atoms with Gasteiger partial charge in [-0.05, 0) is 43.1 Å². The van der Waals surface area contributed by atoms with E-state index < -0.39 is 11.9 Å². The molecule has 3 atom stereocenters. The molecule has 2 heterocycles. The minimum atomic E-state index is -0.896.